The fourth-order valence-electron chi connectivity index (χ4n) is 2.39. The van der Waals surface area contributed by atoms with Crippen molar-refractivity contribution in [3.05, 3.63) is 53.6 Å². The van der Waals surface area contributed by atoms with Gasteiger partial charge in [0.2, 0.25) is 0 Å². The fraction of sp³-hybridized carbons (Fsp3) is 0.381. The van der Waals surface area contributed by atoms with E-state index in [1.54, 1.807) is 13.0 Å². The maximum atomic E-state index is 12.5. The Morgan fingerprint density at radius 1 is 1.13 bits per heavy atom. The molecule has 0 aliphatic carbocycles. The van der Waals surface area contributed by atoms with E-state index in [1.807, 2.05) is 19.1 Å². The zero-order valence-corrected chi connectivity index (χ0v) is 17.4. The van der Waals surface area contributed by atoms with Gasteiger partial charge < -0.3 is 19.3 Å². The van der Waals surface area contributed by atoms with E-state index in [9.17, 15) is 23.1 Å². The predicted octanol–water partition coefficient (Wildman–Crippen LogP) is 4.49. The van der Waals surface area contributed by atoms with E-state index in [1.165, 1.54) is 23.9 Å². The molecule has 2 aromatic carbocycles. The van der Waals surface area contributed by atoms with E-state index in [-0.39, 0.29) is 19.0 Å². The van der Waals surface area contributed by atoms with E-state index in [0.717, 1.165) is 22.6 Å². The van der Waals surface area contributed by atoms with Gasteiger partial charge in [0.05, 0.1) is 18.3 Å². The Morgan fingerprint density at radius 3 is 2.43 bits per heavy atom. The minimum atomic E-state index is -4.40. The molecule has 0 radical (unpaired) electrons. The summed E-state index contributed by atoms with van der Waals surface area (Å²) in [6, 6.07) is 9.73. The molecule has 1 N–H and O–H groups in total. The Morgan fingerprint density at radius 2 is 1.83 bits per heavy atom. The van der Waals surface area contributed by atoms with Crippen molar-refractivity contribution in [3.63, 3.8) is 0 Å². The molecular formula is C21H23F3O5S. The van der Waals surface area contributed by atoms with Gasteiger partial charge in [0.15, 0.2) is 6.61 Å². The van der Waals surface area contributed by atoms with Crippen LogP contribution in [0.25, 0.3) is 0 Å². The lowest BCUT2D eigenvalue weighted by Gasteiger charge is -2.14. The zero-order chi connectivity index (χ0) is 22.1. The molecule has 0 saturated heterocycles. The number of aliphatic hydroxyl groups is 1. The summed E-state index contributed by atoms with van der Waals surface area (Å²) >= 11 is 1.40. The Labute approximate surface area is 177 Å². The minimum Gasteiger partial charge on any atom is -0.491 e. The summed E-state index contributed by atoms with van der Waals surface area (Å²) in [5.74, 6) is 0.722. The standard InChI is InChI=1S/C21H23F3O5S/c1-3-27-20(26)12-29-19-9-8-18(10-14(19)2)30-13-16(25)11-28-17-6-4-15(5-7-17)21(22,23)24/h4-10,16,25H,3,11-13H2,1-2H3/t16-/m1/s1. The van der Waals surface area contributed by atoms with Crippen LogP contribution in [0.3, 0.4) is 0 Å². The number of aryl methyl sites for hydroxylation is 1. The maximum Gasteiger partial charge on any atom is 0.416 e. The van der Waals surface area contributed by atoms with E-state index in [0.29, 0.717) is 18.1 Å². The van der Waals surface area contributed by atoms with E-state index in [4.69, 9.17) is 14.2 Å². The second kappa shape index (κ2) is 11.1. The largest absolute Gasteiger partial charge is 0.491 e. The molecule has 9 heteroatoms. The molecule has 0 unspecified atom stereocenters. The molecule has 0 spiro atoms. The van der Waals surface area contributed by atoms with Crippen LogP contribution in [0.2, 0.25) is 0 Å². The maximum absolute atomic E-state index is 12.5. The zero-order valence-electron chi connectivity index (χ0n) is 16.6. The first-order valence-electron chi connectivity index (χ1n) is 9.19. The Bertz CT molecular complexity index is 824. The van der Waals surface area contributed by atoms with Crippen LogP contribution in [0, 0.1) is 6.92 Å². The van der Waals surface area contributed by atoms with Crippen molar-refractivity contribution in [2.24, 2.45) is 0 Å². The molecule has 2 rings (SSSR count). The first-order valence-corrected chi connectivity index (χ1v) is 10.2. The summed E-state index contributed by atoms with van der Waals surface area (Å²) in [5, 5.41) is 10.1. The number of benzene rings is 2. The molecule has 30 heavy (non-hydrogen) atoms. The van der Waals surface area contributed by atoms with Crippen molar-refractivity contribution in [2.45, 2.75) is 31.0 Å². The van der Waals surface area contributed by atoms with Gasteiger partial charge in [0.25, 0.3) is 0 Å². The Hall–Kier alpha value is -2.39. The molecule has 1 atom stereocenters. The quantitative estimate of drug-likeness (QED) is 0.430. The number of aliphatic hydroxyl groups excluding tert-OH is 1. The van der Waals surface area contributed by atoms with E-state index >= 15 is 0 Å². The third kappa shape index (κ3) is 7.79. The van der Waals surface area contributed by atoms with Crippen LogP contribution < -0.4 is 9.47 Å². The highest BCUT2D eigenvalue weighted by molar-refractivity contribution is 7.99. The molecule has 2 aromatic rings. The van der Waals surface area contributed by atoms with Gasteiger partial charge in [-0.2, -0.15) is 13.2 Å². The number of ether oxygens (including phenoxy) is 3. The SMILES string of the molecule is CCOC(=O)COc1ccc(SC[C@H](O)COc2ccc(C(F)(F)F)cc2)cc1C. The molecule has 0 aliphatic heterocycles. The molecule has 0 heterocycles. The minimum absolute atomic E-state index is 0.0436. The van der Waals surface area contributed by atoms with Crippen LogP contribution in [-0.2, 0) is 15.7 Å². The van der Waals surface area contributed by atoms with Crippen molar-refractivity contribution in [2.75, 3.05) is 25.6 Å². The lowest BCUT2D eigenvalue weighted by atomic mass is 10.2. The van der Waals surface area contributed by atoms with Crippen molar-refractivity contribution in [1.29, 1.82) is 0 Å². The molecule has 0 aliphatic rings. The van der Waals surface area contributed by atoms with Crippen LogP contribution in [0.1, 0.15) is 18.1 Å². The summed E-state index contributed by atoms with van der Waals surface area (Å²) in [4.78, 5) is 12.2. The molecule has 0 fully saturated rings. The first-order chi connectivity index (χ1) is 14.2. The highest BCUT2D eigenvalue weighted by Crippen LogP contribution is 2.30. The summed E-state index contributed by atoms with van der Waals surface area (Å²) < 4.78 is 53.2. The second-order valence-corrected chi connectivity index (χ2v) is 7.41. The highest BCUT2D eigenvalue weighted by atomic mass is 32.2. The molecule has 0 bridgehead atoms. The van der Waals surface area contributed by atoms with E-state index in [2.05, 4.69) is 0 Å². The third-order valence-corrected chi connectivity index (χ3v) is 5.00. The van der Waals surface area contributed by atoms with Gasteiger partial charge in [0.1, 0.15) is 18.1 Å². The predicted molar refractivity (Wildman–Crippen MR) is 107 cm³/mol. The molecule has 5 nitrogen and oxygen atoms in total. The average Bonchev–Trinajstić information content (AvgIpc) is 2.70. The summed E-state index contributed by atoms with van der Waals surface area (Å²) in [5.41, 5.74) is 0.0794. The van der Waals surface area contributed by atoms with E-state index < -0.39 is 23.8 Å². The van der Waals surface area contributed by atoms with Gasteiger partial charge in [-0.05, 0) is 61.9 Å². The van der Waals surface area contributed by atoms with Crippen LogP contribution in [0.5, 0.6) is 11.5 Å². The van der Waals surface area contributed by atoms with Crippen LogP contribution in [-0.4, -0.2) is 42.8 Å². The molecule has 164 valence electrons. The smallest absolute Gasteiger partial charge is 0.416 e. The summed E-state index contributed by atoms with van der Waals surface area (Å²) in [7, 11) is 0. The lowest BCUT2D eigenvalue weighted by Crippen LogP contribution is -2.20. The Kier molecular flexibility index (Phi) is 8.86. The fourth-order valence-corrected chi connectivity index (χ4v) is 3.29. The number of thioether (sulfide) groups is 1. The van der Waals surface area contributed by atoms with Crippen molar-refractivity contribution in [3.8, 4) is 11.5 Å². The van der Waals surface area contributed by atoms with Gasteiger partial charge in [-0.1, -0.05) is 0 Å². The first kappa shape index (κ1) is 23.9. The molecule has 0 amide bonds. The molecule has 0 aromatic heterocycles. The molecular weight excluding hydrogens is 421 g/mol. The van der Waals surface area contributed by atoms with Gasteiger partial charge >= 0.3 is 12.1 Å². The van der Waals surface area contributed by atoms with Gasteiger partial charge in [-0.3, -0.25) is 0 Å². The average molecular weight is 444 g/mol. The van der Waals surface area contributed by atoms with Crippen molar-refractivity contribution < 1.29 is 37.3 Å². The van der Waals surface area contributed by atoms with Crippen LogP contribution in [0.15, 0.2) is 47.4 Å². The number of hydrogen-bond acceptors (Lipinski definition) is 6. The number of alkyl halides is 3. The third-order valence-electron chi connectivity index (χ3n) is 3.86. The molecule has 0 saturated carbocycles. The number of esters is 1. The van der Waals surface area contributed by atoms with Crippen LogP contribution >= 0.6 is 11.8 Å². The monoisotopic (exact) mass is 444 g/mol. The number of hydrogen-bond donors (Lipinski definition) is 1. The number of carbonyl (C=O) groups is 1. The second-order valence-electron chi connectivity index (χ2n) is 6.32. The van der Waals surface area contributed by atoms with Crippen LogP contribution in [0.4, 0.5) is 13.2 Å². The topological polar surface area (TPSA) is 65.0 Å². The summed E-state index contributed by atoms with van der Waals surface area (Å²) in [6.07, 6.45) is -5.20. The normalized spacial score (nSPS) is 12.3. The van der Waals surface area contributed by atoms with Gasteiger partial charge in [-0.25, -0.2) is 4.79 Å². The lowest BCUT2D eigenvalue weighted by molar-refractivity contribution is -0.145. The Balaban J connectivity index is 1.78. The van der Waals surface area contributed by atoms with Crippen molar-refractivity contribution >= 4 is 17.7 Å². The number of carbonyl (C=O) groups excluding carboxylic acids is 1. The van der Waals surface area contributed by atoms with Crippen molar-refractivity contribution in [1.82, 2.24) is 0 Å². The highest BCUT2D eigenvalue weighted by Gasteiger charge is 2.30. The number of rotatable bonds is 10. The van der Waals surface area contributed by atoms with Gasteiger partial charge in [-0.15, -0.1) is 11.8 Å². The summed E-state index contributed by atoms with van der Waals surface area (Å²) in [6.45, 7) is 3.65. The van der Waals surface area contributed by atoms with Gasteiger partial charge in [0, 0.05) is 10.6 Å². The number of halogens is 3.